The Balaban J connectivity index is 2.59. The summed E-state index contributed by atoms with van der Waals surface area (Å²) in [5, 5.41) is 12.8. The van der Waals surface area contributed by atoms with E-state index in [0.717, 1.165) is 10.6 Å². The van der Waals surface area contributed by atoms with Gasteiger partial charge < -0.3 is 10.4 Å². The maximum absolute atomic E-state index is 10.8. The van der Waals surface area contributed by atoms with Gasteiger partial charge in [-0.1, -0.05) is 42.8 Å². The third-order valence-corrected chi connectivity index (χ3v) is 3.14. The largest absolute Gasteiger partial charge is 0.478 e. The highest BCUT2D eigenvalue weighted by atomic mass is 35.5. The molecule has 1 atom stereocenters. The van der Waals surface area contributed by atoms with Gasteiger partial charge in [-0.25, -0.2) is 4.79 Å². The lowest BCUT2D eigenvalue weighted by Gasteiger charge is -2.14. The minimum atomic E-state index is -0.857. The second kappa shape index (κ2) is 7.19. The van der Waals surface area contributed by atoms with Gasteiger partial charge in [-0.05, 0) is 25.0 Å². The van der Waals surface area contributed by atoms with Gasteiger partial charge in [-0.2, -0.15) is 0 Å². The average Bonchev–Trinajstić information content (AvgIpc) is 2.34. The topological polar surface area (TPSA) is 49.3 Å². The van der Waals surface area contributed by atoms with Crippen molar-refractivity contribution in [3.63, 3.8) is 0 Å². The summed E-state index contributed by atoms with van der Waals surface area (Å²) in [5.74, 6) is -0.857. The Morgan fingerprint density at radius 2 is 2.17 bits per heavy atom. The van der Waals surface area contributed by atoms with Crippen molar-refractivity contribution < 1.29 is 9.90 Å². The standard InChI is InChI=1S/C14H18ClNO2/c1-3-11(14(17)18)8-9-16-10(2)12-6-4-5-7-13(12)15/h4-8,10,16H,3,9H2,1-2H3,(H,17,18)/b11-8-/t10-/m0/s1. The van der Waals surface area contributed by atoms with Crippen LogP contribution in [0, 0.1) is 0 Å². The molecule has 2 N–H and O–H groups in total. The smallest absolute Gasteiger partial charge is 0.331 e. The number of aliphatic carboxylic acids is 1. The number of rotatable bonds is 6. The number of benzene rings is 1. The third kappa shape index (κ3) is 4.17. The van der Waals surface area contributed by atoms with E-state index in [-0.39, 0.29) is 6.04 Å². The zero-order valence-corrected chi connectivity index (χ0v) is 11.4. The van der Waals surface area contributed by atoms with Gasteiger partial charge in [0.1, 0.15) is 0 Å². The molecule has 0 aromatic heterocycles. The van der Waals surface area contributed by atoms with Gasteiger partial charge >= 0.3 is 5.97 Å². The van der Waals surface area contributed by atoms with E-state index in [4.69, 9.17) is 16.7 Å². The molecule has 0 aliphatic carbocycles. The van der Waals surface area contributed by atoms with Crippen molar-refractivity contribution in [2.24, 2.45) is 0 Å². The summed E-state index contributed by atoms with van der Waals surface area (Å²) >= 11 is 6.09. The lowest BCUT2D eigenvalue weighted by Crippen LogP contribution is -2.19. The fourth-order valence-electron chi connectivity index (χ4n) is 1.68. The Morgan fingerprint density at radius 1 is 1.50 bits per heavy atom. The van der Waals surface area contributed by atoms with E-state index in [9.17, 15) is 4.79 Å². The normalized spacial score (nSPS) is 13.4. The van der Waals surface area contributed by atoms with Gasteiger partial charge in [0.15, 0.2) is 0 Å². The molecule has 0 radical (unpaired) electrons. The van der Waals surface area contributed by atoms with E-state index in [2.05, 4.69) is 5.32 Å². The van der Waals surface area contributed by atoms with Crippen molar-refractivity contribution in [2.75, 3.05) is 6.54 Å². The van der Waals surface area contributed by atoms with E-state index in [1.54, 1.807) is 6.08 Å². The molecule has 0 aliphatic heterocycles. The van der Waals surface area contributed by atoms with Gasteiger partial charge in [-0.3, -0.25) is 0 Å². The van der Waals surface area contributed by atoms with Crippen LogP contribution < -0.4 is 5.32 Å². The fraction of sp³-hybridized carbons (Fsp3) is 0.357. The van der Waals surface area contributed by atoms with Crippen molar-refractivity contribution in [1.29, 1.82) is 0 Å². The molecule has 1 rings (SSSR count). The molecular weight excluding hydrogens is 250 g/mol. The molecule has 1 aromatic rings. The fourth-order valence-corrected chi connectivity index (χ4v) is 1.98. The van der Waals surface area contributed by atoms with Crippen LogP contribution in [0.15, 0.2) is 35.9 Å². The first kappa shape index (κ1) is 14.7. The lowest BCUT2D eigenvalue weighted by molar-refractivity contribution is -0.132. The molecule has 0 spiro atoms. The molecule has 0 aliphatic rings. The zero-order chi connectivity index (χ0) is 13.5. The van der Waals surface area contributed by atoms with Gasteiger partial charge in [0.25, 0.3) is 0 Å². The van der Waals surface area contributed by atoms with Crippen molar-refractivity contribution in [3.05, 3.63) is 46.5 Å². The molecule has 0 saturated heterocycles. The average molecular weight is 268 g/mol. The Morgan fingerprint density at radius 3 is 2.72 bits per heavy atom. The van der Waals surface area contributed by atoms with Crippen LogP contribution in [-0.2, 0) is 4.79 Å². The molecule has 3 nitrogen and oxygen atoms in total. The molecule has 0 unspecified atom stereocenters. The minimum Gasteiger partial charge on any atom is -0.478 e. The number of carboxylic acids is 1. The van der Waals surface area contributed by atoms with E-state index in [1.807, 2.05) is 38.1 Å². The molecule has 98 valence electrons. The Labute approximate surface area is 112 Å². The Hall–Kier alpha value is -1.32. The molecule has 0 heterocycles. The van der Waals surface area contributed by atoms with Crippen LogP contribution in [-0.4, -0.2) is 17.6 Å². The van der Waals surface area contributed by atoms with Crippen LogP contribution in [0.4, 0.5) is 0 Å². The number of halogens is 1. The second-order valence-electron chi connectivity index (χ2n) is 4.04. The van der Waals surface area contributed by atoms with Crippen LogP contribution in [0.3, 0.4) is 0 Å². The summed E-state index contributed by atoms with van der Waals surface area (Å²) in [6, 6.07) is 7.71. The van der Waals surface area contributed by atoms with Crippen LogP contribution >= 0.6 is 11.6 Å². The second-order valence-corrected chi connectivity index (χ2v) is 4.45. The maximum atomic E-state index is 10.8. The molecule has 0 saturated carbocycles. The summed E-state index contributed by atoms with van der Waals surface area (Å²) in [7, 11) is 0. The van der Waals surface area contributed by atoms with Crippen molar-refractivity contribution in [3.8, 4) is 0 Å². The third-order valence-electron chi connectivity index (χ3n) is 2.80. The molecule has 1 aromatic carbocycles. The predicted octanol–water partition coefficient (Wildman–Crippen LogP) is 3.41. The summed E-state index contributed by atoms with van der Waals surface area (Å²) in [6.45, 7) is 4.35. The monoisotopic (exact) mass is 267 g/mol. The summed E-state index contributed by atoms with van der Waals surface area (Å²) in [6.07, 6.45) is 2.23. The molecule has 0 amide bonds. The van der Waals surface area contributed by atoms with Gasteiger partial charge in [0.2, 0.25) is 0 Å². The highest BCUT2D eigenvalue weighted by Gasteiger charge is 2.08. The van der Waals surface area contributed by atoms with Gasteiger partial charge in [0, 0.05) is 23.2 Å². The first-order valence-electron chi connectivity index (χ1n) is 5.96. The number of nitrogens with one attached hydrogen (secondary N) is 1. The maximum Gasteiger partial charge on any atom is 0.331 e. The number of carboxylic acid groups (broad SMARTS) is 1. The molecular formula is C14H18ClNO2. The highest BCUT2D eigenvalue weighted by Crippen LogP contribution is 2.21. The number of hydrogen-bond donors (Lipinski definition) is 2. The van der Waals surface area contributed by atoms with Crippen molar-refractivity contribution >= 4 is 17.6 Å². The van der Waals surface area contributed by atoms with Crippen molar-refractivity contribution in [2.45, 2.75) is 26.3 Å². The lowest BCUT2D eigenvalue weighted by atomic mass is 10.1. The number of hydrogen-bond acceptors (Lipinski definition) is 2. The van der Waals surface area contributed by atoms with E-state index < -0.39 is 5.97 Å². The van der Waals surface area contributed by atoms with Crippen LogP contribution in [0.1, 0.15) is 31.9 Å². The highest BCUT2D eigenvalue weighted by molar-refractivity contribution is 6.31. The SMILES string of the molecule is CC/C(=C/CN[C@@H](C)c1ccccc1Cl)C(=O)O. The minimum absolute atomic E-state index is 0.0850. The number of carbonyl (C=O) groups is 1. The quantitative estimate of drug-likeness (QED) is 0.777. The Kier molecular flexibility index (Phi) is 5.89. The molecule has 18 heavy (non-hydrogen) atoms. The molecule has 0 fully saturated rings. The van der Waals surface area contributed by atoms with Crippen LogP contribution in [0.2, 0.25) is 5.02 Å². The molecule has 0 bridgehead atoms. The summed E-state index contributed by atoms with van der Waals surface area (Å²) in [5.41, 5.74) is 1.44. The predicted molar refractivity (Wildman–Crippen MR) is 73.9 cm³/mol. The van der Waals surface area contributed by atoms with E-state index in [0.29, 0.717) is 18.5 Å². The summed E-state index contributed by atoms with van der Waals surface area (Å²) < 4.78 is 0. The van der Waals surface area contributed by atoms with Gasteiger partial charge in [-0.15, -0.1) is 0 Å². The van der Waals surface area contributed by atoms with Crippen LogP contribution in [0.25, 0.3) is 0 Å². The Bertz CT molecular complexity index is 443. The van der Waals surface area contributed by atoms with E-state index >= 15 is 0 Å². The van der Waals surface area contributed by atoms with Crippen molar-refractivity contribution in [1.82, 2.24) is 5.32 Å². The molecule has 4 heteroatoms. The van der Waals surface area contributed by atoms with Gasteiger partial charge in [0.05, 0.1) is 0 Å². The van der Waals surface area contributed by atoms with E-state index in [1.165, 1.54) is 0 Å². The summed E-state index contributed by atoms with van der Waals surface area (Å²) in [4.78, 5) is 10.8. The zero-order valence-electron chi connectivity index (χ0n) is 10.6. The van der Waals surface area contributed by atoms with Crippen LogP contribution in [0.5, 0.6) is 0 Å². The first-order valence-corrected chi connectivity index (χ1v) is 6.34. The first-order chi connectivity index (χ1) is 8.56.